The van der Waals surface area contributed by atoms with Crippen LogP contribution in [-0.2, 0) is 23.9 Å². The summed E-state index contributed by atoms with van der Waals surface area (Å²) >= 11 is 0. The molecule has 1 amide bonds. The Morgan fingerprint density at radius 3 is 1.73 bits per heavy atom. The summed E-state index contributed by atoms with van der Waals surface area (Å²) in [5.74, 6) is -2.13. The van der Waals surface area contributed by atoms with Gasteiger partial charge >= 0.3 is 11.9 Å². The first-order valence-corrected chi connectivity index (χ1v) is 4.63. The number of rotatable bonds is 5. The Labute approximate surface area is 87.9 Å². The minimum atomic E-state index is -1.37. The average Bonchev–Trinajstić information content (AvgIpc) is 2.14. The molecule has 0 aliphatic carbocycles. The highest BCUT2D eigenvalue weighted by Gasteiger charge is 2.30. The summed E-state index contributed by atoms with van der Waals surface area (Å²) in [6.45, 7) is 4.68. The molecule has 0 unspecified atom stereocenters. The van der Waals surface area contributed by atoms with Crippen molar-refractivity contribution in [1.29, 1.82) is 0 Å². The van der Waals surface area contributed by atoms with E-state index in [1.165, 1.54) is 6.92 Å². The third kappa shape index (κ3) is 4.99. The Balaban J connectivity index is 4.49. The van der Waals surface area contributed by atoms with E-state index in [9.17, 15) is 14.4 Å². The van der Waals surface area contributed by atoms with Crippen molar-refractivity contribution in [3.63, 3.8) is 0 Å². The second-order valence-corrected chi connectivity index (χ2v) is 2.64. The van der Waals surface area contributed by atoms with E-state index in [2.05, 4.69) is 14.8 Å². The fraction of sp³-hybridized carbons (Fsp3) is 0.667. The van der Waals surface area contributed by atoms with Crippen molar-refractivity contribution in [1.82, 2.24) is 5.32 Å². The number of carbonyl (C=O) groups excluding carboxylic acids is 3. The summed E-state index contributed by atoms with van der Waals surface area (Å²) < 4.78 is 9.24. The monoisotopic (exact) mass is 218 g/mol. The van der Waals surface area contributed by atoms with Gasteiger partial charge in [-0.25, -0.2) is 9.59 Å². The Morgan fingerprint density at radius 1 is 1.07 bits per heavy atom. The molecule has 0 bridgehead atoms. The van der Waals surface area contributed by atoms with E-state index >= 15 is 0 Å². The van der Waals surface area contributed by atoms with Gasteiger partial charge in [-0.1, -0.05) is 0 Å². The zero-order valence-electron chi connectivity index (χ0n) is 9.03. The topological polar surface area (TPSA) is 81.7 Å². The fourth-order valence-electron chi connectivity index (χ4n) is 0.869. The van der Waals surface area contributed by atoms with Gasteiger partial charge in [0.1, 0.15) is 0 Å². The van der Waals surface area contributed by atoms with Crippen LogP contribution in [-0.4, -0.2) is 37.1 Å². The lowest BCUT2D eigenvalue weighted by Gasteiger charge is -2.14. The van der Waals surface area contributed by atoms with E-state index in [0.717, 1.165) is 0 Å². The summed E-state index contributed by atoms with van der Waals surface area (Å²) in [7, 11) is 0. The maximum absolute atomic E-state index is 11.3. The van der Waals surface area contributed by atoms with Gasteiger partial charge in [0.2, 0.25) is 11.9 Å². The molecule has 0 saturated carbocycles. The van der Waals surface area contributed by atoms with Crippen LogP contribution in [0.5, 0.6) is 0 Å². The van der Waals surface area contributed by atoms with E-state index in [1.54, 1.807) is 13.8 Å². The quantitative estimate of drug-likeness (QED) is 0.386. The first kappa shape index (κ1) is 13.4. The van der Waals surface area contributed by atoms with E-state index in [4.69, 9.17) is 0 Å². The second-order valence-electron chi connectivity index (χ2n) is 2.64. The number of amides is 1. The zero-order chi connectivity index (χ0) is 11.8. The van der Waals surface area contributed by atoms with Gasteiger partial charge in [0.25, 0.3) is 0 Å². The van der Waals surface area contributed by atoms with Gasteiger partial charge in [-0.3, -0.25) is 4.79 Å². The normalized spacial score (nSPS) is 9.60. The van der Waals surface area contributed by atoms with Crippen molar-refractivity contribution >= 4 is 17.8 Å². The summed E-state index contributed by atoms with van der Waals surface area (Å²) in [6.07, 6.45) is 0. The van der Waals surface area contributed by atoms with Crippen LogP contribution in [0.3, 0.4) is 0 Å². The van der Waals surface area contributed by atoms with Crippen LogP contribution in [0.2, 0.25) is 0 Å². The molecule has 0 heterocycles. The van der Waals surface area contributed by atoms with Gasteiger partial charge in [0.05, 0.1) is 13.2 Å². The van der Waals surface area contributed by atoms with Crippen molar-refractivity contribution in [2.24, 2.45) is 0 Å². The predicted octanol–water partition coefficient (Wildman–Crippen LogP) is -0.383. The first-order chi connectivity index (χ1) is 7.02. The molecule has 0 aromatic heterocycles. The highest BCUT2D eigenvalue weighted by Crippen LogP contribution is 1.94. The maximum atomic E-state index is 11.3. The smallest absolute Gasteiger partial charge is 0.340 e. The van der Waals surface area contributed by atoms with E-state index in [0.29, 0.717) is 0 Å². The van der Waals surface area contributed by atoms with Gasteiger partial charge in [-0.2, -0.15) is 0 Å². The summed E-state index contributed by atoms with van der Waals surface area (Å²) in [6, 6.07) is -1.37. The van der Waals surface area contributed by atoms with E-state index in [1.807, 2.05) is 0 Å². The lowest BCUT2D eigenvalue weighted by Crippen LogP contribution is -2.47. The van der Waals surface area contributed by atoms with Crippen LogP contribution in [0, 0.1) is 0 Å². The molecule has 6 nitrogen and oxygen atoms in total. The van der Waals surface area contributed by atoms with Gasteiger partial charge in [0.15, 0.2) is 0 Å². The Kier molecular flexibility index (Phi) is 6.08. The number of carbonyl (C=O) groups is 3. The Hall–Kier alpha value is -1.59. The van der Waals surface area contributed by atoms with Crippen molar-refractivity contribution in [3.05, 3.63) is 0 Å². The lowest BCUT2D eigenvalue weighted by molar-refractivity contribution is -0.159. The van der Waals surface area contributed by atoms with Crippen molar-refractivity contribution < 1.29 is 23.9 Å². The molecule has 0 radical (unpaired) electrons. The molecule has 0 atom stereocenters. The summed E-state index contributed by atoms with van der Waals surface area (Å²) in [5, 5.41) is 2.16. The number of hydrogen-bond donors (Lipinski definition) is 1. The number of esters is 2. The molecule has 0 aromatic rings. The average molecular weight is 218 g/mol. The van der Waals surface area contributed by atoms with Crippen molar-refractivity contribution in [3.8, 4) is 0 Å². The van der Waals surface area contributed by atoms with Crippen LogP contribution in [0.4, 0.5) is 0 Å². The molecule has 0 saturated heterocycles. The molecular formula is C9H15NO5. The molecule has 0 aromatic carbocycles. The Bertz CT molecular complexity index is 233. The van der Waals surface area contributed by atoms with Crippen LogP contribution in [0.25, 0.3) is 0 Å². The molecule has 0 spiro atoms. The minimum absolute atomic E-state index is 0.133. The third-order valence-electron chi connectivity index (χ3n) is 1.39. The molecule has 0 aliphatic rings. The van der Waals surface area contributed by atoms with Crippen LogP contribution in [0.1, 0.15) is 20.8 Å². The van der Waals surface area contributed by atoms with Crippen LogP contribution < -0.4 is 5.32 Å². The van der Waals surface area contributed by atoms with E-state index < -0.39 is 23.9 Å². The van der Waals surface area contributed by atoms with Gasteiger partial charge in [0, 0.05) is 6.92 Å². The number of hydrogen-bond acceptors (Lipinski definition) is 5. The minimum Gasteiger partial charge on any atom is -0.464 e. The fourth-order valence-corrected chi connectivity index (χ4v) is 0.869. The third-order valence-corrected chi connectivity index (χ3v) is 1.39. The van der Waals surface area contributed by atoms with Crippen LogP contribution >= 0.6 is 0 Å². The molecular weight excluding hydrogens is 203 g/mol. The maximum Gasteiger partial charge on any atom is 0.340 e. The highest BCUT2D eigenvalue weighted by atomic mass is 16.6. The summed E-state index contributed by atoms with van der Waals surface area (Å²) in [5.41, 5.74) is 0. The largest absolute Gasteiger partial charge is 0.464 e. The number of ether oxygens (including phenoxy) is 2. The zero-order valence-corrected chi connectivity index (χ0v) is 9.03. The second kappa shape index (κ2) is 6.80. The SMILES string of the molecule is CCOC(=O)[13CH](NC(C)=O)C(=O)OCC. The molecule has 1 N–H and O–H groups in total. The van der Waals surface area contributed by atoms with Gasteiger partial charge in [-0.15, -0.1) is 0 Å². The molecule has 86 valence electrons. The van der Waals surface area contributed by atoms with Crippen molar-refractivity contribution in [2.75, 3.05) is 13.2 Å². The molecule has 15 heavy (non-hydrogen) atoms. The van der Waals surface area contributed by atoms with Gasteiger partial charge < -0.3 is 14.8 Å². The summed E-state index contributed by atoms with van der Waals surface area (Å²) in [4.78, 5) is 33.3. The van der Waals surface area contributed by atoms with Gasteiger partial charge in [-0.05, 0) is 13.8 Å². The predicted molar refractivity (Wildman–Crippen MR) is 50.9 cm³/mol. The Morgan fingerprint density at radius 2 is 1.47 bits per heavy atom. The lowest BCUT2D eigenvalue weighted by atomic mass is 10.6. The highest BCUT2D eigenvalue weighted by molar-refractivity contribution is 6.02. The number of nitrogens with one attached hydrogen (secondary N) is 1. The first-order valence-electron chi connectivity index (χ1n) is 4.63. The molecule has 0 fully saturated rings. The molecule has 0 rings (SSSR count). The molecule has 0 aliphatic heterocycles. The van der Waals surface area contributed by atoms with E-state index in [-0.39, 0.29) is 13.2 Å². The molecule has 6 heteroatoms. The standard InChI is InChI=1S/C9H15NO5/c1-4-14-8(12)7(10-6(3)11)9(13)15-5-2/h7H,4-5H2,1-3H3,(H,10,11)/i7+1. The van der Waals surface area contributed by atoms with Crippen LogP contribution in [0.15, 0.2) is 0 Å². The van der Waals surface area contributed by atoms with Crippen molar-refractivity contribution in [2.45, 2.75) is 26.8 Å².